The predicted octanol–water partition coefficient (Wildman–Crippen LogP) is 2.92. The Balaban J connectivity index is 1.83. The van der Waals surface area contributed by atoms with Gasteiger partial charge in [0.2, 0.25) is 0 Å². The number of benzene rings is 2. The molecule has 0 unspecified atom stereocenters. The second-order valence-corrected chi connectivity index (χ2v) is 4.86. The van der Waals surface area contributed by atoms with E-state index in [0.717, 1.165) is 30.9 Å². The lowest BCUT2D eigenvalue weighted by atomic mass is 10.1. The van der Waals surface area contributed by atoms with Crippen molar-refractivity contribution in [2.75, 3.05) is 6.54 Å². The Labute approximate surface area is 118 Å². The van der Waals surface area contributed by atoms with E-state index < -0.39 is 0 Å². The van der Waals surface area contributed by atoms with E-state index in [1.54, 1.807) is 0 Å². The number of aromatic nitrogens is 3. The Kier molecular flexibility index (Phi) is 3.74. The van der Waals surface area contributed by atoms with E-state index in [1.807, 2.05) is 16.9 Å². The van der Waals surface area contributed by atoms with Crippen LogP contribution in [-0.4, -0.2) is 21.5 Å². The minimum atomic E-state index is 0.765. The van der Waals surface area contributed by atoms with Crippen LogP contribution in [0.5, 0.6) is 0 Å². The van der Waals surface area contributed by atoms with Gasteiger partial charge in [-0.1, -0.05) is 42.5 Å². The molecule has 0 atom stereocenters. The van der Waals surface area contributed by atoms with Crippen LogP contribution in [0.4, 0.5) is 0 Å². The minimum Gasteiger partial charge on any atom is -0.311 e. The van der Waals surface area contributed by atoms with E-state index in [-0.39, 0.29) is 0 Å². The van der Waals surface area contributed by atoms with Gasteiger partial charge in [-0.2, -0.15) is 0 Å². The van der Waals surface area contributed by atoms with Gasteiger partial charge in [-0.05, 0) is 35.9 Å². The summed E-state index contributed by atoms with van der Waals surface area (Å²) in [7, 11) is 0. The highest BCUT2D eigenvalue weighted by Crippen LogP contribution is 2.17. The van der Waals surface area contributed by atoms with Crippen LogP contribution >= 0.6 is 0 Å². The summed E-state index contributed by atoms with van der Waals surface area (Å²) in [5.41, 5.74) is 2.00. The molecule has 102 valence electrons. The van der Waals surface area contributed by atoms with Crippen LogP contribution in [0.3, 0.4) is 0 Å². The molecule has 0 aliphatic rings. The molecule has 0 amide bonds. The van der Waals surface area contributed by atoms with Crippen LogP contribution in [0, 0.1) is 0 Å². The zero-order valence-electron chi connectivity index (χ0n) is 11.6. The van der Waals surface area contributed by atoms with Gasteiger partial charge in [-0.15, -0.1) is 5.10 Å². The number of nitrogens with one attached hydrogen (secondary N) is 1. The molecule has 4 heteroatoms. The van der Waals surface area contributed by atoms with Crippen molar-refractivity contribution in [3.63, 3.8) is 0 Å². The van der Waals surface area contributed by atoms with Gasteiger partial charge >= 0.3 is 0 Å². The maximum atomic E-state index is 4.20. The fraction of sp³-hybridized carbons (Fsp3) is 0.250. The van der Waals surface area contributed by atoms with E-state index in [0.29, 0.717) is 0 Å². The van der Waals surface area contributed by atoms with Gasteiger partial charge in [0.25, 0.3) is 0 Å². The normalized spacial score (nSPS) is 11.1. The van der Waals surface area contributed by atoms with Crippen molar-refractivity contribution < 1.29 is 0 Å². The van der Waals surface area contributed by atoms with E-state index in [2.05, 4.69) is 59.0 Å². The summed E-state index contributed by atoms with van der Waals surface area (Å²) in [6, 6.07) is 14.6. The highest BCUT2D eigenvalue weighted by atomic mass is 15.4. The summed E-state index contributed by atoms with van der Waals surface area (Å²) in [5, 5.41) is 14.2. The van der Waals surface area contributed by atoms with Crippen LogP contribution in [0.1, 0.15) is 19.0 Å². The number of nitrogens with zero attached hydrogens (tertiary/aromatic N) is 3. The fourth-order valence-electron chi connectivity index (χ4n) is 2.22. The molecule has 3 rings (SSSR count). The molecule has 0 saturated carbocycles. The monoisotopic (exact) mass is 266 g/mol. The number of fused-ring (bicyclic) bond motifs is 1. The van der Waals surface area contributed by atoms with Crippen LogP contribution in [0.2, 0.25) is 0 Å². The van der Waals surface area contributed by atoms with Crippen molar-refractivity contribution >= 4 is 10.8 Å². The fourth-order valence-corrected chi connectivity index (χ4v) is 2.22. The number of hydrogen-bond acceptors (Lipinski definition) is 3. The van der Waals surface area contributed by atoms with Gasteiger partial charge in [0, 0.05) is 6.54 Å². The Morgan fingerprint density at radius 3 is 2.80 bits per heavy atom. The van der Waals surface area contributed by atoms with E-state index in [9.17, 15) is 0 Å². The topological polar surface area (TPSA) is 42.7 Å². The van der Waals surface area contributed by atoms with Crippen LogP contribution < -0.4 is 5.32 Å². The standard InChI is InChI=1S/C16H18N4/c1-2-9-17-11-15-12-20(19-18-15)16-8-7-13-5-3-4-6-14(13)10-16/h3-8,10,12,17H,2,9,11H2,1H3. The first-order valence-corrected chi connectivity index (χ1v) is 6.98. The first kappa shape index (κ1) is 12.8. The zero-order valence-corrected chi connectivity index (χ0v) is 11.6. The lowest BCUT2D eigenvalue weighted by Gasteiger charge is -2.02. The molecule has 0 radical (unpaired) electrons. The van der Waals surface area contributed by atoms with Gasteiger partial charge in [0.15, 0.2) is 0 Å². The molecule has 3 aromatic rings. The summed E-state index contributed by atoms with van der Waals surface area (Å²) >= 11 is 0. The Bertz CT molecular complexity index is 702. The summed E-state index contributed by atoms with van der Waals surface area (Å²) in [6.45, 7) is 3.92. The number of rotatable bonds is 5. The van der Waals surface area contributed by atoms with E-state index >= 15 is 0 Å². The Morgan fingerprint density at radius 2 is 1.95 bits per heavy atom. The van der Waals surface area contributed by atoms with Crippen molar-refractivity contribution in [2.24, 2.45) is 0 Å². The average molecular weight is 266 g/mol. The quantitative estimate of drug-likeness (QED) is 0.722. The molecule has 0 bridgehead atoms. The molecule has 0 saturated heterocycles. The highest BCUT2D eigenvalue weighted by molar-refractivity contribution is 5.84. The molecule has 0 spiro atoms. The van der Waals surface area contributed by atoms with Crippen LogP contribution in [0.25, 0.3) is 16.5 Å². The summed E-state index contributed by atoms with van der Waals surface area (Å²) in [6.07, 6.45) is 3.10. The Morgan fingerprint density at radius 1 is 1.10 bits per heavy atom. The summed E-state index contributed by atoms with van der Waals surface area (Å²) < 4.78 is 1.83. The molecule has 2 aromatic carbocycles. The lowest BCUT2D eigenvalue weighted by molar-refractivity contribution is 0.662. The lowest BCUT2D eigenvalue weighted by Crippen LogP contribution is -2.13. The first-order chi connectivity index (χ1) is 9.86. The van der Waals surface area contributed by atoms with Crippen molar-refractivity contribution in [3.8, 4) is 5.69 Å². The molecule has 0 aliphatic heterocycles. The molecule has 4 nitrogen and oxygen atoms in total. The van der Waals surface area contributed by atoms with Crippen molar-refractivity contribution in [1.29, 1.82) is 0 Å². The third kappa shape index (κ3) is 2.70. The largest absolute Gasteiger partial charge is 0.311 e. The van der Waals surface area contributed by atoms with Gasteiger partial charge in [0.05, 0.1) is 17.6 Å². The summed E-state index contributed by atoms with van der Waals surface area (Å²) in [5.74, 6) is 0. The number of hydrogen-bond donors (Lipinski definition) is 1. The van der Waals surface area contributed by atoms with E-state index in [4.69, 9.17) is 0 Å². The molecule has 0 fully saturated rings. The maximum absolute atomic E-state index is 4.20. The predicted molar refractivity (Wildman–Crippen MR) is 80.9 cm³/mol. The molecular formula is C16H18N4. The third-order valence-electron chi connectivity index (χ3n) is 3.27. The molecule has 0 aliphatic carbocycles. The van der Waals surface area contributed by atoms with Crippen LogP contribution in [0.15, 0.2) is 48.7 Å². The van der Waals surface area contributed by atoms with Gasteiger partial charge in [-0.25, -0.2) is 4.68 Å². The van der Waals surface area contributed by atoms with Gasteiger partial charge in [-0.3, -0.25) is 0 Å². The minimum absolute atomic E-state index is 0.765. The average Bonchev–Trinajstić information content (AvgIpc) is 2.96. The van der Waals surface area contributed by atoms with Gasteiger partial charge < -0.3 is 5.32 Å². The molecular weight excluding hydrogens is 248 g/mol. The summed E-state index contributed by atoms with van der Waals surface area (Å²) in [4.78, 5) is 0. The molecule has 1 aromatic heterocycles. The SMILES string of the molecule is CCCNCc1cn(-c2ccc3ccccc3c2)nn1. The first-order valence-electron chi connectivity index (χ1n) is 6.98. The third-order valence-corrected chi connectivity index (χ3v) is 3.27. The van der Waals surface area contributed by atoms with Crippen molar-refractivity contribution in [1.82, 2.24) is 20.3 Å². The van der Waals surface area contributed by atoms with Crippen molar-refractivity contribution in [2.45, 2.75) is 19.9 Å². The second-order valence-electron chi connectivity index (χ2n) is 4.86. The maximum Gasteiger partial charge on any atom is 0.0969 e. The Hall–Kier alpha value is -2.20. The molecule has 1 heterocycles. The van der Waals surface area contributed by atoms with Gasteiger partial charge in [0.1, 0.15) is 0 Å². The molecule has 1 N–H and O–H groups in total. The highest BCUT2D eigenvalue weighted by Gasteiger charge is 2.03. The van der Waals surface area contributed by atoms with Crippen molar-refractivity contribution in [3.05, 3.63) is 54.4 Å². The molecule has 20 heavy (non-hydrogen) atoms. The van der Waals surface area contributed by atoms with E-state index in [1.165, 1.54) is 10.8 Å². The second kappa shape index (κ2) is 5.84. The zero-order chi connectivity index (χ0) is 13.8. The van der Waals surface area contributed by atoms with Crippen LogP contribution in [-0.2, 0) is 6.54 Å². The smallest absolute Gasteiger partial charge is 0.0969 e.